The molecular weight excluding hydrogens is 637 g/mol. The Balaban J connectivity index is 0.000000591. The third kappa shape index (κ3) is 9.52. The van der Waals surface area contributed by atoms with Crippen LogP contribution in [-0.4, -0.2) is 64.7 Å². The van der Waals surface area contributed by atoms with E-state index in [1.807, 2.05) is 30.3 Å². The fourth-order valence-corrected chi connectivity index (χ4v) is 6.17. The van der Waals surface area contributed by atoms with Crippen molar-refractivity contribution in [3.05, 3.63) is 64.8 Å². The van der Waals surface area contributed by atoms with E-state index in [0.29, 0.717) is 49.1 Å². The average molecular weight is 669 g/mol. The van der Waals surface area contributed by atoms with Crippen LogP contribution in [0.5, 0.6) is 0 Å². The molecule has 2 aromatic carbocycles. The predicted molar refractivity (Wildman–Crippen MR) is 165 cm³/mol. The zero-order valence-corrected chi connectivity index (χ0v) is 25.8. The largest absolute Gasteiger partial charge is 0.490 e. The van der Waals surface area contributed by atoms with Gasteiger partial charge in [-0.15, -0.1) is 0 Å². The maximum absolute atomic E-state index is 13.0. The number of sulfonamides is 1. The number of amides is 1. The van der Waals surface area contributed by atoms with Crippen LogP contribution in [0, 0.1) is 5.92 Å². The van der Waals surface area contributed by atoms with E-state index in [2.05, 4.69) is 38.1 Å². The summed E-state index contributed by atoms with van der Waals surface area (Å²) in [6.07, 6.45) is -0.278. The first-order chi connectivity index (χ1) is 21.2. The molecule has 45 heavy (non-hydrogen) atoms. The number of anilines is 5. The Morgan fingerprint density at radius 3 is 2.44 bits per heavy atom. The molecular formula is C29H32ClF3N6O5S. The van der Waals surface area contributed by atoms with Gasteiger partial charge in [0.2, 0.25) is 21.9 Å². The Bertz CT molecular complexity index is 1650. The van der Waals surface area contributed by atoms with Crippen LogP contribution in [0.2, 0.25) is 5.02 Å². The summed E-state index contributed by atoms with van der Waals surface area (Å²) < 4.78 is 57.5. The number of carboxylic acid groups (broad SMARTS) is 1. The molecule has 0 unspecified atom stereocenters. The molecule has 6 bridgehead atoms. The lowest BCUT2D eigenvalue weighted by molar-refractivity contribution is -0.192. The van der Waals surface area contributed by atoms with Crippen molar-refractivity contribution < 1.29 is 36.3 Å². The van der Waals surface area contributed by atoms with Crippen LogP contribution in [0.1, 0.15) is 37.3 Å². The molecule has 2 aliphatic rings. The number of nitrogens with zero attached hydrogens (tertiary/aromatic N) is 3. The van der Waals surface area contributed by atoms with Gasteiger partial charge in [-0.2, -0.15) is 18.2 Å². The normalized spacial score (nSPS) is 15.5. The van der Waals surface area contributed by atoms with Gasteiger partial charge in [0.05, 0.1) is 11.9 Å². The smallest absolute Gasteiger partial charge is 0.475 e. The number of aryl methyl sites for hydroxylation is 2. The average Bonchev–Trinajstić information content (AvgIpc) is 2.99. The monoisotopic (exact) mass is 668 g/mol. The first-order valence-corrected chi connectivity index (χ1v) is 16.1. The number of hydrogen-bond donors (Lipinski definition) is 4. The zero-order valence-electron chi connectivity index (χ0n) is 24.2. The third-order valence-electron chi connectivity index (χ3n) is 7.30. The minimum Gasteiger partial charge on any atom is -0.475 e. The van der Waals surface area contributed by atoms with Crippen LogP contribution in [0.4, 0.5) is 42.0 Å². The minimum absolute atomic E-state index is 0.0589. The minimum atomic E-state index is -5.08. The molecule has 3 aromatic rings. The van der Waals surface area contributed by atoms with E-state index in [9.17, 15) is 26.4 Å². The van der Waals surface area contributed by atoms with E-state index >= 15 is 0 Å². The predicted octanol–water partition coefficient (Wildman–Crippen LogP) is 5.74. The van der Waals surface area contributed by atoms with Crippen molar-refractivity contribution in [1.29, 1.82) is 0 Å². The van der Waals surface area contributed by atoms with Crippen molar-refractivity contribution in [2.24, 2.45) is 5.92 Å². The van der Waals surface area contributed by atoms with Gasteiger partial charge in [-0.1, -0.05) is 23.7 Å². The van der Waals surface area contributed by atoms with Gasteiger partial charge in [-0.25, -0.2) is 22.5 Å². The van der Waals surface area contributed by atoms with Crippen molar-refractivity contribution in [3.8, 4) is 0 Å². The number of aromatic nitrogens is 2. The van der Waals surface area contributed by atoms with Gasteiger partial charge < -0.3 is 21.1 Å². The van der Waals surface area contributed by atoms with Gasteiger partial charge in [-0.05, 0) is 80.0 Å². The molecule has 0 spiro atoms. The highest BCUT2D eigenvalue weighted by Crippen LogP contribution is 2.30. The van der Waals surface area contributed by atoms with Crippen LogP contribution in [0.15, 0.2) is 48.7 Å². The zero-order chi connectivity index (χ0) is 32.8. The van der Waals surface area contributed by atoms with Crippen molar-refractivity contribution in [2.45, 2.75) is 45.2 Å². The second-order valence-electron chi connectivity index (χ2n) is 10.5. The van der Waals surface area contributed by atoms with E-state index in [4.69, 9.17) is 21.5 Å². The Labute approximate surface area is 263 Å². The summed E-state index contributed by atoms with van der Waals surface area (Å²) in [4.78, 5) is 30.7. The van der Waals surface area contributed by atoms with E-state index in [-0.39, 0.29) is 17.6 Å². The molecule has 242 valence electrons. The molecule has 1 aromatic heterocycles. The molecule has 1 fully saturated rings. The lowest BCUT2D eigenvalue weighted by Gasteiger charge is -2.30. The lowest BCUT2D eigenvalue weighted by atomic mass is 9.94. The van der Waals surface area contributed by atoms with Crippen molar-refractivity contribution in [3.63, 3.8) is 0 Å². The fraction of sp³-hybridized carbons (Fsp3) is 0.379. The summed E-state index contributed by atoms with van der Waals surface area (Å²) in [5.41, 5.74) is 4.60. The molecule has 0 atom stereocenters. The number of carbonyl (C=O) groups is 2. The van der Waals surface area contributed by atoms with E-state index < -0.39 is 22.2 Å². The Kier molecular flexibility index (Phi) is 10.9. The Morgan fingerprint density at radius 1 is 1.09 bits per heavy atom. The number of carbonyl (C=O) groups excluding carboxylic acids is 1. The second-order valence-corrected chi connectivity index (χ2v) is 13.2. The van der Waals surface area contributed by atoms with E-state index in [1.165, 1.54) is 0 Å². The van der Waals surface area contributed by atoms with Crippen LogP contribution < -0.4 is 16.0 Å². The quantitative estimate of drug-likeness (QED) is 0.267. The Morgan fingerprint density at radius 2 is 1.78 bits per heavy atom. The number of benzene rings is 2. The lowest BCUT2D eigenvalue weighted by Crippen LogP contribution is -2.39. The number of carboxylic acids is 1. The van der Waals surface area contributed by atoms with Crippen molar-refractivity contribution >= 4 is 62.3 Å². The molecule has 0 saturated carbocycles. The van der Waals surface area contributed by atoms with Gasteiger partial charge >= 0.3 is 12.1 Å². The van der Waals surface area contributed by atoms with Gasteiger partial charge in [-0.3, -0.25) is 4.79 Å². The number of rotatable bonds is 5. The summed E-state index contributed by atoms with van der Waals surface area (Å²) >= 11 is 6.36. The molecule has 0 aliphatic carbocycles. The van der Waals surface area contributed by atoms with Crippen LogP contribution in [0.3, 0.4) is 0 Å². The molecule has 11 nitrogen and oxygen atoms in total. The topological polar surface area (TPSA) is 154 Å². The molecule has 16 heteroatoms. The standard InChI is InChI=1S/C27H31ClN6O3S.C2HF3O2/c1-2-38(36,37)34-12-10-19(11-13-34)15-25(35)32-24-9-8-22-16-20(24)7-6-18-4-3-5-21(14-18)31-27-29-17-23(28)26(30-22)33-27;3-2(4,5)1(6)7/h3-5,8-9,14,16-17,19H,2,6-7,10-13,15H2,1H3,(H,32,35)(H2,29,30,31,33);(H,6,7). The highest BCUT2D eigenvalue weighted by atomic mass is 35.5. The number of piperidine rings is 1. The molecule has 0 radical (unpaired) electrons. The first-order valence-electron chi connectivity index (χ1n) is 14.1. The number of nitrogens with one attached hydrogen (secondary N) is 3. The number of alkyl halides is 3. The number of hydrogen-bond acceptors (Lipinski definition) is 8. The van der Waals surface area contributed by atoms with Crippen molar-refractivity contribution in [1.82, 2.24) is 14.3 Å². The SMILES string of the molecule is CCS(=O)(=O)N1CCC(CC(=O)Nc2ccc3cc2CCc2cccc(c2)Nc2ncc(Cl)c(n2)N3)CC1.O=C(O)C(F)(F)F. The van der Waals surface area contributed by atoms with Crippen molar-refractivity contribution in [2.75, 3.05) is 34.8 Å². The number of fused-ring (bicyclic) bond motifs is 6. The van der Waals surface area contributed by atoms with Gasteiger partial charge in [0.1, 0.15) is 5.02 Å². The molecule has 5 rings (SSSR count). The van der Waals surface area contributed by atoms with Crippen LogP contribution in [0.25, 0.3) is 0 Å². The summed E-state index contributed by atoms with van der Waals surface area (Å²) in [6.45, 7) is 2.61. The highest BCUT2D eigenvalue weighted by molar-refractivity contribution is 7.89. The molecule has 3 heterocycles. The first kappa shape index (κ1) is 33.9. The summed E-state index contributed by atoms with van der Waals surface area (Å²) in [7, 11) is -3.18. The van der Waals surface area contributed by atoms with Crippen LogP contribution in [-0.2, 0) is 32.5 Å². The maximum Gasteiger partial charge on any atom is 0.490 e. The number of halogens is 4. The van der Waals surface area contributed by atoms with E-state index in [0.717, 1.165) is 41.0 Å². The molecule has 1 saturated heterocycles. The third-order valence-corrected chi connectivity index (χ3v) is 9.46. The summed E-state index contributed by atoms with van der Waals surface area (Å²) in [5.74, 6) is -1.62. The van der Waals surface area contributed by atoms with Gasteiger partial charge in [0.15, 0.2) is 5.82 Å². The summed E-state index contributed by atoms with van der Waals surface area (Å²) in [6, 6.07) is 13.9. The fourth-order valence-electron chi connectivity index (χ4n) is 4.90. The maximum atomic E-state index is 13.0. The van der Waals surface area contributed by atoms with E-state index in [1.54, 1.807) is 17.4 Å². The molecule has 4 N–H and O–H groups in total. The van der Waals surface area contributed by atoms with Crippen LogP contribution >= 0.6 is 11.6 Å². The van der Waals surface area contributed by atoms with Gasteiger partial charge in [0.25, 0.3) is 0 Å². The number of aliphatic carboxylic acids is 1. The van der Waals surface area contributed by atoms with Gasteiger partial charge in [0, 0.05) is 36.6 Å². The molecule has 2 aliphatic heterocycles. The summed E-state index contributed by atoms with van der Waals surface area (Å²) in [5, 5.41) is 17.1. The molecule has 1 amide bonds. The second kappa shape index (κ2) is 14.4. The highest BCUT2D eigenvalue weighted by Gasteiger charge is 2.38. The Hall–Kier alpha value is -3.95.